The van der Waals surface area contributed by atoms with Gasteiger partial charge in [-0.2, -0.15) is 0 Å². The van der Waals surface area contributed by atoms with Crippen molar-refractivity contribution in [2.24, 2.45) is 5.92 Å². The molecule has 1 aliphatic rings. The Kier molecular flexibility index (Phi) is 3.75. The number of nitrogens with one attached hydrogen (secondary N) is 1. The molecular weight excluding hydrogens is 198 g/mol. The Morgan fingerprint density at radius 3 is 2.69 bits per heavy atom. The van der Waals surface area contributed by atoms with Gasteiger partial charge in [0.05, 0.1) is 0 Å². The van der Waals surface area contributed by atoms with Gasteiger partial charge in [0, 0.05) is 17.9 Å². The van der Waals surface area contributed by atoms with Gasteiger partial charge >= 0.3 is 0 Å². The van der Waals surface area contributed by atoms with Crippen LogP contribution in [0.3, 0.4) is 0 Å². The van der Waals surface area contributed by atoms with Crippen molar-refractivity contribution in [2.45, 2.75) is 52.0 Å². The maximum absolute atomic E-state index is 4.38. The highest BCUT2D eigenvalue weighted by Crippen LogP contribution is 2.27. The third kappa shape index (κ3) is 2.94. The van der Waals surface area contributed by atoms with Crippen LogP contribution in [0.1, 0.15) is 44.7 Å². The molecule has 1 aromatic rings. The van der Waals surface area contributed by atoms with Crippen LogP contribution in [-0.2, 0) is 0 Å². The van der Waals surface area contributed by atoms with E-state index < -0.39 is 0 Å². The Labute approximate surface area is 97.7 Å². The molecule has 1 heterocycles. The molecule has 0 spiro atoms. The summed E-state index contributed by atoms with van der Waals surface area (Å²) in [5, 5.41) is 3.44. The second-order valence-corrected chi connectivity index (χ2v) is 4.79. The Hall–Kier alpha value is -1.12. The van der Waals surface area contributed by atoms with Crippen LogP contribution in [0, 0.1) is 12.8 Å². The van der Waals surface area contributed by atoms with Gasteiger partial charge in [0.2, 0.25) is 5.95 Å². The van der Waals surface area contributed by atoms with Crippen LogP contribution in [0.15, 0.2) is 12.3 Å². The standard InChI is InChI=1S/C13H21N3/c1-3-11-4-6-12(7-5-11)16-13-14-9-8-10(2)15-13/h8-9,11-12H,3-7H2,1-2H3,(H,14,15,16). The van der Waals surface area contributed by atoms with E-state index in [2.05, 4.69) is 22.2 Å². The number of anilines is 1. The van der Waals surface area contributed by atoms with Crippen molar-refractivity contribution in [3.63, 3.8) is 0 Å². The number of hydrogen-bond acceptors (Lipinski definition) is 3. The molecule has 88 valence electrons. The lowest BCUT2D eigenvalue weighted by Gasteiger charge is -2.28. The van der Waals surface area contributed by atoms with Crippen molar-refractivity contribution < 1.29 is 0 Å². The molecule has 1 N–H and O–H groups in total. The lowest BCUT2D eigenvalue weighted by Crippen LogP contribution is -2.26. The molecule has 0 unspecified atom stereocenters. The number of aryl methyl sites for hydroxylation is 1. The first kappa shape index (κ1) is 11.4. The van der Waals surface area contributed by atoms with Gasteiger partial charge in [0.15, 0.2) is 0 Å². The van der Waals surface area contributed by atoms with E-state index in [1.165, 1.54) is 32.1 Å². The fraction of sp³-hybridized carbons (Fsp3) is 0.692. The molecule has 3 nitrogen and oxygen atoms in total. The Bertz CT molecular complexity index is 330. The zero-order valence-corrected chi connectivity index (χ0v) is 10.2. The minimum absolute atomic E-state index is 0.574. The van der Waals surface area contributed by atoms with Gasteiger partial charge in [-0.05, 0) is 44.6 Å². The van der Waals surface area contributed by atoms with Crippen molar-refractivity contribution in [3.05, 3.63) is 18.0 Å². The van der Waals surface area contributed by atoms with E-state index in [-0.39, 0.29) is 0 Å². The van der Waals surface area contributed by atoms with Crippen LogP contribution < -0.4 is 5.32 Å². The van der Waals surface area contributed by atoms with Gasteiger partial charge in [0.1, 0.15) is 0 Å². The average Bonchev–Trinajstić information content (AvgIpc) is 2.30. The minimum atomic E-state index is 0.574. The highest BCUT2D eigenvalue weighted by atomic mass is 15.1. The second kappa shape index (κ2) is 5.28. The summed E-state index contributed by atoms with van der Waals surface area (Å²) < 4.78 is 0. The van der Waals surface area contributed by atoms with Gasteiger partial charge < -0.3 is 5.32 Å². The van der Waals surface area contributed by atoms with Crippen LogP contribution in [0.25, 0.3) is 0 Å². The monoisotopic (exact) mass is 219 g/mol. The molecule has 0 amide bonds. The summed E-state index contributed by atoms with van der Waals surface area (Å²) in [6, 6.07) is 2.50. The maximum atomic E-state index is 4.38. The SMILES string of the molecule is CCC1CCC(Nc2nccc(C)n2)CC1. The molecule has 2 rings (SSSR count). The van der Waals surface area contributed by atoms with E-state index in [4.69, 9.17) is 0 Å². The predicted octanol–water partition coefficient (Wildman–Crippen LogP) is 3.17. The molecule has 1 aliphatic carbocycles. The normalized spacial score (nSPS) is 25.4. The Morgan fingerprint density at radius 1 is 1.31 bits per heavy atom. The zero-order chi connectivity index (χ0) is 11.4. The van der Waals surface area contributed by atoms with E-state index in [0.717, 1.165) is 17.6 Å². The molecule has 0 saturated heterocycles. The molecule has 0 bridgehead atoms. The summed E-state index contributed by atoms with van der Waals surface area (Å²) in [4.78, 5) is 8.63. The first-order chi connectivity index (χ1) is 7.78. The van der Waals surface area contributed by atoms with Crippen molar-refractivity contribution in [1.82, 2.24) is 9.97 Å². The van der Waals surface area contributed by atoms with Gasteiger partial charge in [-0.1, -0.05) is 13.3 Å². The molecule has 1 fully saturated rings. The van der Waals surface area contributed by atoms with Crippen LogP contribution >= 0.6 is 0 Å². The Morgan fingerprint density at radius 2 is 2.06 bits per heavy atom. The summed E-state index contributed by atoms with van der Waals surface area (Å²) >= 11 is 0. The highest BCUT2D eigenvalue weighted by molar-refractivity contribution is 5.26. The largest absolute Gasteiger partial charge is 0.351 e. The number of rotatable bonds is 3. The number of aromatic nitrogens is 2. The molecule has 1 saturated carbocycles. The summed E-state index contributed by atoms with van der Waals surface area (Å²) in [5.41, 5.74) is 1.03. The summed E-state index contributed by atoms with van der Waals surface area (Å²) in [6.07, 6.45) is 8.36. The van der Waals surface area contributed by atoms with Gasteiger partial charge in [0.25, 0.3) is 0 Å². The predicted molar refractivity (Wildman–Crippen MR) is 66.4 cm³/mol. The van der Waals surface area contributed by atoms with Crippen molar-refractivity contribution in [1.29, 1.82) is 0 Å². The van der Waals surface area contributed by atoms with Crippen molar-refractivity contribution >= 4 is 5.95 Å². The quantitative estimate of drug-likeness (QED) is 0.848. The highest BCUT2D eigenvalue weighted by Gasteiger charge is 2.20. The molecule has 0 radical (unpaired) electrons. The van der Waals surface area contributed by atoms with E-state index in [1.54, 1.807) is 0 Å². The van der Waals surface area contributed by atoms with Crippen LogP contribution in [0.2, 0.25) is 0 Å². The van der Waals surface area contributed by atoms with E-state index in [1.807, 2.05) is 19.2 Å². The van der Waals surface area contributed by atoms with Crippen LogP contribution in [-0.4, -0.2) is 16.0 Å². The number of hydrogen-bond donors (Lipinski definition) is 1. The van der Waals surface area contributed by atoms with E-state index in [0.29, 0.717) is 6.04 Å². The lowest BCUT2D eigenvalue weighted by molar-refractivity contribution is 0.329. The molecule has 0 atom stereocenters. The maximum Gasteiger partial charge on any atom is 0.223 e. The summed E-state index contributed by atoms with van der Waals surface area (Å²) in [6.45, 7) is 4.29. The van der Waals surface area contributed by atoms with Gasteiger partial charge in [-0.15, -0.1) is 0 Å². The van der Waals surface area contributed by atoms with E-state index >= 15 is 0 Å². The minimum Gasteiger partial charge on any atom is -0.351 e. The summed E-state index contributed by atoms with van der Waals surface area (Å²) in [7, 11) is 0. The first-order valence-electron chi connectivity index (χ1n) is 6.34. The molecule has 16 heavy (non-hydrogen) atoms. The van der Waals surface area contributed by atoms with Gasteiger partial charge in [-0.3, -0.25) is 0 Å². The zero-order valence-electron chi connectivity index (χ0n) is 10.2. The summed E-state index contributed by atoms with van der Waals surface area (Å²) in [5.74, 6) is 1.73. The molecule has 0 aliphatic heterocycles. The van der Waals surface area contributed by atoms with Gasteiger partial charge in [-0.25, -0.2) is 9.97 Å². The van der Waals surface area contributed by atoms with Crippen molar-refractivity contribution in [3.8, 4) is 0 Å². The molecular formula is C13H21N3. The first-order valence-corrected chi connectivity index (χ1v) is 6.34. The van der Waals surface area contributed by atoms with Crippen LogP contribution in [0.5, 0.6) is 0 Å². The lowest BCUT2D eigenvalue weighted by atomic mass is 9.85. The number of nitrogens with zero attached hydrogens (tertiary/aromatic N) is 2. The molecule has 1 aromatic heterocycles. The Balaban J connectivity index is 1.87. The van der Waals surface area contributed by atoms with Crippen LogP contribution in [0.4, 0.5) is 5.95 Å². The fourth-order valence-corrected chi connectivity index (χ4v) is 2.42. The smallest absolute Gasteiger partial charge is 0.223 e. The fourth-order valence-electron chi connectivity index (χ4n) is 2.42. The molecule has 0 aromatic carbocycles. The average molecular weight is 219 g/mol. The van der Waals surface area contributed by atoms with Crippen molar-refractivity contribution in [2.75, 3.05) is 5.32 Å². The molecule has 3 heteroatoms. The third-order valence-corrected chi connectivity index (χ3v) is 3.55. The second-order valence-electron chi connectivity index (χ2n) is 4.79. The topological polar surface area (TPSA) is 37.8 Å². The van der Waals surface area contributed by atoms with E-state index in [9.17, 15) is 0 Å². The third-order valence-electron chi connectivity index (χ3n) is 3.55.